The van der Waals surface area contributed by atoms with Gasteiger partial charge in [0, 0.05) is 51.6 Å². The summed E-state index contributed by atoms with van der Waals surface area (Å²) in [4.78, 5) is 183. The molecule has 10 amide bonds. The fourth-order valence-electron chi connectivity index (χ4n) is 11.4. The minimum Gasteiger partial charge on any atom is -0.480 e. The van der Waals surface area contributed by atoms with Gasteiger partial charge in [-0.1, -0.05) is 152 Å². The van der Waals surface area contributed by atoms with Crippen molar-refractivity contribution in [3.05, 3.63) is 179 Å². The number of amides is 10. The Morgan fingerprint density at radius 3 is 0.832 bits per heavy atom. The Balaban J connectivity index is 1.52. The van der Waals surface area contributed by atoms with Crippen molar-refractivity contribution >= 4 is 77.5 Å². The first-order chi connectivity index (χ1) is 53.3. The second-order valence-electron chi connectivity index (χ2n) is 31.4. The molecule has 0 radical (unpaired) electrons. The van der Waals surface area contributed by atoms with Crippen molar-refractivity contribution in [2.24, 2.45) is 0 Å². The number of aliphatic carboxylic acids is 1. The molecular formula is C84H114N10O19. The molecule has 0 bridgehead atoms. The lowest BCUT2D eigenvalue weighted by Crippen LogP contribution is -2.61. The summed E-state index contributed by atoms with van der Waals surface area (Å²) in [5.74, 6) is -9.45. The molecule has 29 nitrogen and oxygen atoms in total. The van der Waals surface area contributed by atoms with Gasteiger partial charge in [-0.05, 0) is 162 Å². The van der Waals surface area contributed by atoms with Crippen LogP contribution in [0.2, 0.25) is 0 Å². The number of benzene rings is 5. The van der Waals surface area contributed by atoms with Gasteiger partial charge in [-0.15, -0.1) is 0 Å². The van der Waals surface area contributed by atoms with Crippen LogP contribution in [0.3, 0.4) is 0 Å². The highest BCUT2D eigenvalue weighted by atomic mass is 16.6. The van der Waals surface area contributed by atoms with Crippen molar-refractivity contribution in [1.82, 2.24) is 53.2 Å². The number of hydrogen-bond acceptors (Lipinski definition) is 18. The van der Waals surface area contributed by atoms with Crippen LogP contribution in [0.15, 0.2) is 152 Å². The van der Waals surface area contributed by atoms with E-state index in [9.17, 15) is 43.5 Å². The highest BCUT2D eigenvalue weighted by Crippen LogP contribution is 2.18. The van der Waals surface area contributed by atoms with E-state index in [2.05, 4.69) is 53.2 Å². The molecule has 0 aliphatic carbocycles. The molecule has 0 heterocycles. The minimum atomic E-state index is -1.66. The topological polar surface area (TPSA) is 409 Å². The Morgan fingerprint density at radius 1 is 0.292 bits per heavy atom. The number of carboxylic acids is 1. The van der Waals surface area contributed by atoms with Gasteiger partial charge in [0.15, 0.2) is 0 Å². The molecule has 614 valence electrons. The zero-order valence-electron chi connectivity index (χ0n) is 66.9. The van der Waals surface area contributed by atoms with Crippen LogP contribution in [0.4, 0.5) is 14.4 Å². The van der Waals surface area contributed by atoms with Gasteiger partial charge in [0.1, 0.15) is 77.3 Å². The number of hydrogen-bond donors (Lipinski definition) is 11. The van der Waals surface area contributed by atoms with Crippen molar-refractivity contribution in [3.8, 4) is 0 Å². The second-order valence-corrected chi connectivity index (χ2v) is 31.4. The van der Waals surface area contributed by atoms with Crippen LogP contribution in [0, 0.1) is 0 Å². The van der Waals surface area contributed by atoms with E-state index in [4.69, 9.17) is 23.7 Å². The first-order valence-electron chi connectivity index (χ1n) is 38.1. The molecule has 0 saturated carbocycles. The van der Waals surface area contributed by atoms with E-state index >= 15 is 24.0 Å². The van der Waals surface area contributed by atoms with Gasteiger partial charge >= 0.3 is 36.2 Å². The fourth-order valence-corrected chi connectivity index (χ4v) is 11.4. The zero-order valence-corrected chi connectivity index (χ0v) is 66.9. The van der Waals surface area contributed by atoms with Crippen molar-refractivity contribution in [2.75, 3.05) is 13.1 Å². The molecule has 0 saturated heterocycles. The smallest absolute Gasteiger partial charge is 0.408 e. The van der Waals surface area contributed by atoms with Gasteiger partial charge in [0.05, 0.1) is 0 Å². The molecule has 8 atom stereocenters. The number of carbonyl (C=O) groups is 13. The molecule has 5 rings (SSSR count). The maximum atomic E-state index is 15.4. The van der Waals surface area contributed by atoms with Crippen molar-refractivity contribution in [2.45, 2.75) is 250 Å². The predicted molar refractivity (Wildman–Crippen MR) is 422 cm³/mol. The SMILES string of the molecule is CC(C)(C)OC(=O)CC[C@H](NC(=O)[C@H](Cc1ccccc1)NC(=O)OCc1ccccc1)C(=O)N[C@@H](Cc1ccccc1)C(=O)N[C@@H](CCCCNC(=O)OC(C)(C)C)C(=O)N[C@@H](Cc1ccccc1)C(=O)N[C@@H](CCC(=O)OC(C)(C)C)C(=O)N[C@@H](Cc1ccccc1)C(=O)N[C@@H](CCCCNC(=O)OC(C)(C)C)C(=O)O. The average molecular weight is 1570 g/mol. The molecule has 0 unspecified atom stereocenters. The lowest BCUT2D eigenvalue weighted by Gasteiger charge is -2.28. The number of ether oxygens (including phenoxy) is 5. The Kier molecular flexibility index (Phi) is 37.4. The Morgan fingerprint density at radius 2 is 0.540 bits per heavy atom. The van der Waals surface area contributed by atoms with E-state index in [0.29, 0.717) is 34.2 Å². The molecule has 113 heavy (non-hydrogen) atoms. The summed E-state index contributed by atoms with van der Waals surface area (Å²) >= 11 is 0. The summed E-state index contributed by atoms with van der Waals surface area (Å²) in [5, 5.41) is 37.2. The molecule has 5 aromatic carbocycles. The highest BCUT2D eigenvalue weighted by Gasteiger charge is 2.37. The number of rotatable bonds is 42. The van der Waals surface area contributed by atoms with Gasteiger partial charge in [0.25, 0.3) is 0 Å². The summed E-state index contributed by atoms with van der Waals surface area (Å²) in [7, 11) is 0. The van der Waals surface area contributed by atoms with Crippen molar-refractivity contribution < 1.29 is 91.1 Å². The van der Waals surface area contributed by atoms with E-state index < -0.39 is 168 Å². The fraction of sp³-hybridized carbons (Fsp3) is 0.488. The molecular weight excluding hydrogens is 1450 g/mol. The van der Waals surface area contributed by atoms with Gasteiger partial charge < -0.3 is 82.0 Å². The van der Waals surface area contributed by atoms with Crippen LogP contribution in [0.5, 0.6) is 0 Å². The average Bonchev–Trinajstić information content (AvgIpc) is 0.850. The number of esters is 2. The van der Waals surface area contributed by atoms with Gasteiger partial charge in [-0.3, -0.25) is 43.2 Å². The molecule has 0 aromatic heterocycles. The molecule has 11 N–H and O–H groups in total. The van der Waals surface area contributed by atoms with Gasteiger partial charge in [-0.25, -0.2) is 19.2 Å². The maximum Gasteiger partial charge on any atom is 0.408 e. The molecule has 0 aliphatic rings. The molecule has 0 spiro atoms. The van der Waals surface area contributed by atoms with E-state index in [-0.39, 0.29) is 83.9 Å². The molecule has 0 fully saturated rings. The summed E-state index contributed by atoms with van der Waals surface area (Å²) in [6.45, 7) is 20.1. The highest BCUT2D eigenvalue weighted by molar-refractivity contribution is 5.98. The molecule has 0 aliphatic heterocycles. The van der Waals surface area contributed by atoms with E-state index in [0.717, 1.165) is 0 Å². The largest absolute Gasteiger partial charge is 0.480 e. The van der Waals surface area contributed by atoms with E-state index in [1.807, 2.05) is 0 Å². The third-order valence-corrected chi connectivity index (χ3v) is 16.7. The standard InChI is InChI=1S/C84H114N10O19/c1-81(2,3)110-68(95)46-44-61(71(98)93-66(52-57-36-22-15-23-37-57)75(102)90-63(77(104)105)43-29-31-49-86-79(107)113-84(10,11)12)88-74(101)65(51-56-34-20-14-21-35-56)91-70(97)60(42-28-30-48-85-78(106)112-83(7,8)9)87-73(100)64(50-55-32-18-13-19-33-55)92-72(99)62(45-47-69(96)111-82(4,5)6)89-76(103)67(53-58-38-24-16-25-39-58)94-80(108)109-54-59-40-26-17-27-41-59/h13-27,32-41,60-67H,28-31,42-54H2,1-12H3,(H,85,106)(H,86,107)(H,87,100)(H,88,101)(H,89,103)(H,90,102)(H,91,97)(H,92,99)(H,93,98)(H,94,108)(H,104,105)/t60-,61-,62-,63-,64-,65-,66-,67-/m0/s1. The summed E-state index contributed by atoms with van der Waals surface area (Å²) in [5.41, 5.74) is -0.654. The van der Waals surface area contributed by atoms with Crippen LogP contribution in [-0.2, 0) is 104 Å². The predicted octanol–water partition coefficient (Wildman–Crippen LogP) is 8.36. The maximum absolute atomic E-state index is 15.4. The Labute approximate surface area is 661 Å². The third kappa shape index (κ3) is 38.4. The van der Waals surface area contributed by atoms with Gasteiger partial charge in [-0.2, -0.15) is 0 Å². The Bertz CT molecular complexity index is 3900. The monoisotopic (exact) mass is 1570 g/mol. The van der Waals surface area contributed by atoms with Crippen LogP contribution in [0.1, 0.15) is 175 Å². The van der Waals surface area contributed by atoms with Crippen LogP contribution >= 0.6 is 0 Å². The van der Waals surface area contributed by atoms with E-state index in [1.54, 1.807) is 235 Å². The number of carboxylic acid groups (broad SMARTS) is 1. The quantitative estimate of drug-likeness (QED) is 0.00992. The number of carbonyl (C=O) groups excluding carboxylic acids is 12. The summed E-state index contributed by atoms with van der Waals surface area (Å²) in [6, 6.07) is 30.7. The summed E-state index contributed by atoms with van der Waals surface area (Å²) in [6.07, 6.45) is -4.11. The molecule has 5 aromatic rings. The summed E-state index contributed by atoms with van der Waals surface area (Å²) < 4.78 is 27.4. The number of alkyl carbamates (subject to hydrolysis) is 3. The van der Waals surface area contributed by atoms with Crippen LogP contribution < -0.4 is 53.2 Å². The Hall–Kier alpha value is -11.4. The number of nitrogens with one attached hydrogen (secondary N) is 10. The minimum absolute atomic E-state index is 0.0489. The first kappa shape index (κ1) is 92.2. The van der Waals surface area contributed by atoms with Crippen molar-refractivity contribution in [3.63, 3.8) is 0 Å². The lowest BCUT2D eigenvalue weighted by molar-refractivity contribution is -0.156. The second kappa shape index (κ2) is 45.8. The molecule has 29 heteroatoms. The first-order valence-corrected chi connectivity index (χ1v) is 38.1. The zero-order chi connectivity index (χ0) is 83.3. The normalized spacial score (nSPS) is 13.6. The lowest BCUT2D eigenvalue weighted by atomic mass is 10.0. The van der Waals surface area contributed by atoms with Gasteiger partial charge in [0.2, 0.25) is 41.4 Å². The van der Waals surface area contributed by atoms with Crippen molar-refractivity contribution in [1.29, 1.82) is 0 Å². The van der Waals surface area contributed by atoms with E-state index in [1.165, 1.54) is 0 Å². The van der Waals surface area contributed by atoms with Crippen LogP contribution in [0.25, 0.3) is 0 Å². The third-order valence-electron chi connectivity index (χ3n) is 16.7. The van der Waals surface area contributed by atoms with Crippen LogP contribution in [-0.4, -0.2) is 166 Å². The number of unbranched alkanes of at least 4 members (excludes halogenated alkanes) is 2.